The molecule has 3 rings (SSSR count). The molecule has 0 amide bonds. The first-order chi connectivity index (χ1) is 17.2. The molecule has 0 aliphatic heterocycles. The van der Waals surface area contributed by atoms with Gasteiger partial charge < -0.3 is 14.2 Å². The van der Waals surface area contributed by atoms with Gasteiger partial charge in [-0.2, -0.15) is 0 Å². The number of ether oxygens (including phenoxy) is 3. The molecule has 0 spiro atoms. The monoisotopic (exact) mass is 512 g/mol. The molecule has 0 heterocycles. The molecule has 0 aliphatic rings. The van der Waals surface area contributed by atoms with Crippen LogP contribution in [0.1, 0.15) is 30.5 Å². The minimum absolute atomic E-state index is 0.107. The van der Waals surface area contributed by atoms with E-state index >= 15 is 0 Å². The van der Waals surface area contributed by atoms with Crippen molar-refractivity contribution in [3.63, 3.8) is 0 Å². The van der Waals surface area contributed by atoms with E-state index in [0.717, 1.165) is 0 Å². The number of rotatable bonds is 11. The zero-order valence-corrected chi connectivity index (χ0v) is 20.6. The molecule has 3 aromatic carbocycles. The average molecular weight is 512 g/mol. The largest absolute Gasteiger partial charge is 0.452 e. The molecule has 0 unspecified atom stereocenters. The highest BCUT2D eigenvalue weighted by molar-refractivity contribution is 7.71. The van der Waals surface area contributed by atoms with Crippen molar-refractivity contribution in [1.82, 2.24) is 0 Å². The topological polar surface area (TPSA) is 114 Å². The molecule has 0 saturated carbocycles. The summed E-state index contributed by atoms with van der Waals surface area (Å²) in [6.45, 7) is 2.03. The standard InChI is InChI=1S/C26H25O9P/c1-19(27)34-24-12-8-22(9-13-24)17-32-36(30,26(29)31-16-21-6-4-3-5-7-21)33-18-23-10-14-25(15-11-23)35-20(2)28/h3-15H,16-18H2,1-2H3. The van der Waals surface area contributed by atoms with Gasteiger partial charge in [-0.05, 0) is 41.0 Å². The smallest absolute Gasteiger partial charge is 0.439 e. The van der Waals surface area contributed by atoms with Crippen LogP contribution in [-0.4, -0.2) is 17.6 Å². The lowest BCUT2D eigenvalue weighted by atomic mass is 10.2. The van der Waals surface area contributed by atoms with E-state index in [0.29, 0.717) is 28.2 Å². The maximum absolute atomic E-state index is 13.4. The molecular weight excluding hydrogens is 487 g/mol. The number of carbonyl (C=O) groups excluding carboxylic acids is 3. The molecule has 36 heavy (non-hydrogen) atoms. The third-order valence-corrected chi connectivity index (χ3v) is 6.12. The summed E-state index contributed by atoms with van der Waals surface area (Å²) < 4.78 is 39.6. The van der Waals surface area contributed by atoms with Gasteiger partial charge in [0.15, 0.2) is 0 Å². The van der Waals surface area contributed by atoms with E-state index in [2.05, 4.69) is 0 Å². The van der Waals surface area contributed by atoms with E-state index in [9.17, 15) is 18.9 Å². The Kier molecular flexibility index (Phi) is 9.53. The van der Waals surface area contributed by atoms with Gasteiger partial charge in [-0.25, -0.2) is 9.36 Å². The van der Waals surface area contributed by atoms with Crippen molar-refractivity contribution >= 4 is 25.2 Å². The second kappa shape index (κ2) is 12.8. The average Bonchev–Trinajstić information content (AvgIpc) is 2.86. The van der Waals surface area contributed by atoms with Crippen LogP contribution >= 0.6 is 7.60 Å². The van der Waals surface area contributed by atoms with E-state index in [1.54, 1.807) is 72.8 Å². The Balaban J connectivity index is 1.69. The number of hydrogen-bond acceptors (Lipinski definition) is 9. The molecule has 0 fully saturated rings. The van der Waals surface area contributed by atoms with Crippen molar-refractivity contribution in [1.29, 1.82) is 0 Å². The highest BCUT2D eigenvalue weighted by atomic mass is 31.2. The third-order valence-electron chi connectivity index (χ3n) is 4.60. The first-order valence-electron chi connectivity index (χ1n) is 10.9. The van der Waals surface area contributed by atoms with E-state index in [1.165, 1.54) is 13.8 Å². The Labute approximate surface area is 208 Å². The molecule has 0 radical (unpaired) electrons. The SMILES string of the molecule is CC(=O)Oc1ccc(COP(=O)(OCc2ccc(OC(C)=O)cc2)C(=O)OCc2ccccc2)cc1. The number of benzene rings is 3. The lowest BCUT2D eigenvalue weighted by Gasteiger charge is -2.17. The van der Waals surface area contributed by atoms with Gasteiger partial charge >= 0.3 is 25.2 Å². The summed E-state index contributed by atoms with van der Waals surface area (Å²) in [5.74, 6) is -0.242. The Bertz CT molecular complexity index is 1160. The van der Waals surface area contributed by atoms with Gasteiger partial charge in [0.05, 0.1) is 13.2 Å². The van der Waals surface area contributed by atoms with Crippen LogP contribution in [0.2, 0.25) is 0 Å². The van der Waals surface area contributed by atoms with Crippen molar-refractivity contribution in [3.05, 3.63) is 95.6 Å². The first-order valence-corrected chi connectivity index (χ1v) is 12.4. The van der Waals surface area contributed by atoms with Gasteiger partial charge in [0, 0.05) is 13.8 Å². The third kappa shape index (κ3) is 8.46. The minimum atomic E-state index is -4.38. The molecular formula is C26H25O9P. The first kappa shape index (κ1) is 26.8. The van der Waals surface area contributed by atoms with Crippen LogP contribution in [0.4, 0.5) is 4.79 Å². The fourth-order valence-electron chi connectivity index (χ4n) is 2.90. The fraction of sp³-hybridized carbons (Fsp3) is 0.192. The van der Waals surface area contributed by atoms with Crippen LogP contribution in [-0.2, 0) is 47.8 Å². The summed E-state index contributed by atoms with van der Waals surface area (Å²) >= 11 is 0. The molecule has 3 aromatic rings. The van der Waals surface area contributed by atoms with Gasteiger partial charge in [0.1, 0.15) is 18.1 Å². The lowest BCUT2D eigenvalue weighted by molar-refractivity contribution is -0.132. The van der Waals surface area contributed by atoms with Crippen LogP contribution in [0.5, 0.6) is 11.5 Å². The molecule has 9 nitrogen and oxygen atoms in total. The van der Waals surface area contributed by atoms with Gasteiger partial charge in [-0.3, -0.25) is 18.6 Å². The Hall–Kier alpha value is -3.78. The van der Waals surface area contributed by atoms with E-state index in [-0.39, 0.29) is 19.8 Å². The summed E-state index contributed by atoms with van der Waals surface area (Å²) in [5, 5.41) is 0. The summed E-state index contributed by atoms with van der Waals surface area (Å²) in [6.07, 6.45) is 0. The Morgan fingerprint density at radius 1 is 0.611 bits per heavy atom. The van der Waals surface area contributed by atoms with Crippen LogP contribution in [0, 0.1) is 0 Å². The second-order valence-electron chi connectivity index (χ2n) is 7.56. The van der Waals surface area contributed by atoms with Gasteiger partial charge in [0.2, 0.25) is 0 Å². The Morgan fingerprint density at radius 2 is 1.03 bits per heavy atom. The quantitative estimate of drug-likeness (QED) is 0.179. The number of hydrogen-bond donors (Lipinski definition) is 0. The van der Waals surface area contributed by atoms with E-state index in [4.69, 9.17) is 23.3 Å². The zero-order valence-electron chi connectivity index (χ0n) is 19.7. The number of esters is 2. The molecule has 10 heteroatoms. The van der Waals surface area contributed by atoms with Crippen molar-refractivity contribution in [3.8, 4) is 11.5 Å². The predicted octanol–water partition coefficient (Wildman–Crippen LogP) is 5.80. The molecule has 0 bridgehead atoms. The molecule has 0 atom stereocenters. The lowest BCUT2D eigenvalue weighted by Crippen LogP contribution is -2.10. The van der Waals surface area contributed by atoms with Gasteiger partial charge in [-0.1, -0.05) is 54.6 Å². The normalized spacial score (nSPS) is 10.9. The van der Waals surface area contributed by atoms with E-state index in [1.807, 2.05) is 6.07 Å². The van der Waals surface area contributed by atoms with Gasteiger partial charge in [-0.15, -0.1) is 0 Å². The molecule has 0 aliphatic carbocycles. The summed E-state index contributed by atoms with van der Waals surface area (Å²) in [5.41, 5.74) is 0.714. The fourth-order valence-corrected chi connectivity index (χ4v) is 4.05. The highest BCUT2D eigenvalue weighted by Gasteiger charge is 2.37. The van der Waals surface area contributed by atoms with Crippen molar-refractivity contribution in [2.45, 2.75) is 33.7 Å². The second-order valence-corrected chi connectivity index (χ2v) is 9.44. The van der Waals surface area contributed by atoms with Crippen LogP contribution in [0.15, 0.2) is 78.9 Å². The minimum Gasteiger partial charge on any atom is -0.452 e. The highest BCUT2D eigenvalue weighted by Crippen LogP contribution is 2.51. The van der Waals surface area contributed by atoms with Crippen LogP contribution in [0.3, 0.4) is 0 Å². The maximum Gasteiger partial charge on any atom is 0.439 e. The maximum atomic E-state index is 13.4. The molecule has 188 valence electrons. The van der Waals surface area contributed by atoms with Crippen LogP contribution in [0.25, 0.3) is 0 Å². The van der Waals surface area contributed by atoms with Crippen LogP contribution < -0.4 is 9.47 Å². The number of carbonyl (C=O) groups is 3. The summed E-state index contributed by atoms with van der Waals surface area (Å²) in [6, 6.07) is 21.5. The van der Waals surface area contributed by atoms with Gasteiger partial charge in [0.25, 0.3) is 0 Å². The molecule has 0 aromatic heterocycles. The van der Waals surface area contributed by atoms with Crippen molar-refractivity contribution in [2.75, 3.05) is 0 Å². The molecule has 0 saturated heterocycles. The van der Waals surface area contributed by atoms with E-state index < -0.39 is 25.2 Å². The molecule has 0 N–H and O–H groups in total. The van der Waals surface area contributed by atoms with Crippen molar-refractivity contribution < 1.29 is 42.2 Å². The summed E-state index contributed by atoms with van der Waals surface area (Å²) in [4.78, 5) is 34.9. The van der Waals surface area contributed by atoms with Crippen molar-refractivity contribution in [2.24, 2.45) is 0 Å². The summed E-state index contributed by atoms with van der Waals surface area (Å²) in [7, 11) is -4.38. The predicted molar refractivity (Wildman–Crippen MR) is 129 cm³/mol. The Morgan fingerprint density at radius 3 is 1.44 bits per heavy atom. The zero-order chi connectivity index (χ0) is 26.0.